The van der Waals surface area contributed by atoms with E-state index in [1.54, 1.807) is 0 Å². The van der Waals surface area contributed by atoms with Crippen LogP contribution in [0.1, 0.15) is 57.1 Å². The molecule has 0 spiro atoms. The van der Waals surface area contributed by atoms with Crippen LogP contribution in [-0.2, 0) is 0 Å². The molecule has 90 valence electrons. The van der Waals surface area contributed by atoms with Crippen LogP contribution in [0.25, 0.3) is 0 Å². The first-order valence-corrected chi connectivity index (χ1v) is 6.56. The zero-order valence-corrected chi connectivity index (χ0v) is 10.7. The molecule has 0 fully saturated rings. The smallest absolute Gasteiger partial charge is 0.0804 e. The molecule has 0 saturated carbocycles. The second-order valence-corrected chi connectivity index (χ2v) is 4.65. The van der Waals surface area contributed by atoms with Crippen LogP contribution in [0.3, 0.4) is 0 Å². The first kappa shape index (κ1) is 13.5. The second-order valence-electron chi connectivity index (χ2n) is 4.24. The van der Waals surface area contributed by atoms with Gasteiger partial charge in [-0.1, -0.05) is 68.8 Å². The van der Waals surface area contributed by atoms with Gasteiger partial charge in [-0.2, -0.15) is 0 Å². The lowest BCUT2D eigenvalue weighted by Gasteiger charge is -2.12. The van der Waals surface area contributed by atoms with Crippen LogP contribution in [0.5, 0.6) is 0 Å². The summed E-state index contributed by atoms with van der Waals surface area (Å²) in [6.45, 7) is 2.21. The number of hydrogen-bond donors (Lipinski definition) is 1. The van der Waals surface area contributed by atoms with Crippen LogP contribution < -0.4 is 0 Å². The summed E-state index contributed by atoms with van der Waals surface area (Å²) in [5.74, 6) is 0. The summed E-state index contributed by atoms with van der Waals surface area (Å²) in [6.07, 6.45) is 6.51. The van der Waals surface area contributed by atoms with E-state index in [2.05, 4.69) is 6.92 Å². The van der Waals surface area contributed by atoms with Gasteiger partial charge < -0.3 is 5.11 Å². The average Bonchev–Trinajstić information content (AvgIpc) is 2.29. The van der Waals surface area contributed by atoms with Crippen molar-refractivity contribution in [3.63, 3.8) is 0 Å². The molecule has 2 heteroatoms. The molecule has 0 radical (unpaired) electrons. The zero-order valence-electron chi connectivity index (χ0n) is 9.95. The van der Waals surface area contributed by atoms with E-state index in [1.807, 2.05) is 24.3 Å². The molecule has 0 saturated heterocycles. The van der Waals surface area contributed by atoms with Crippen molar-refractivity contribution in [2.24, 2.45) is 0 Å². The maximum Gasteiger partial charge on any atom is 0.0804 e. The predicted molar refractivity (Wildman–Crippen MR) is 69.8 cm³/mol. The van der Waals surface area contributed by atoms with Crippen molar-refractivity contribution in [2.45, 2.75) is 51.6 Å². The molecule has 16 heavy (non-hydrogen) atoms. The van der Waals surface area contributed by atoms with Crippen LogP contribution >= 0.6 is 11.6 Å². The van der Waals surface area contributed by atoms with Crippen molar-refractivity contribution in [1.29, 1.82) is 0 Å². The van der Waals surface area contributed by atoms with Gasteiger partial charge in [-0.3, -0.25) is 0 Å². The Labute approximate surface area is 103 Å². The molecule has 0 amide bonds. The highest BCUT2D eigenvalue weighted by atomic mass is 35.5. The largest absolute Gasteiger partial charge is 0.388 e. The Balaban J connectivity index is 2.30. The zero-order chi connectivity index (χ0) is 11.8. The molecule has 0 bridgehead atoms. The van der Waals surface area contributed by atoms with E-state index in [-0.39, 0.29) is 0 Å². The highest BCUT2D eigenvalue weighted by Crippen LogP contribution is 2.26. The molecule has 0 aliphatic heterocycles. The Kier molecular flexibility index (Phi) is 6.51. The molecule has 1 unspecified atom stereocenters. The minimum atomic E-state index is -0.407. The first-order valence-electron chi connectivity index (χ1n) is 6.18. The number of hydrogen-bond acceptors (Lipinski definition) is 1. The van der Waals surface area contributed by atoms with Gasteiger partial charge >= 0.3 is 0 Å². The molecule has 0 aliphatic carbocycles. The molecule has 1 aromatic carbocycles. The van der Waals surface area contributed by atoms with E-state index >= 15 is 0 Å². The number of aliphatic hydroxyl groups is 1. The molecule has 1 aromatic rings. The van der Waals surface area contributed by atoms with E-state index in [9.17, 15) is 5.11 Å². The average molecular weight is 241 g/mol. The maximum absolute atomic E-state index is 9.97. The van der Waals surface area contributed by atoms with Gasteiger partial charge in [-0.15, -0.1) is 0 Å². The highest BCUT2D eigenvalue weighted by Gasteiger charge is 2.09. The summed E-state index contributed by atoms with van der Waals surface area (Å²) in [4.78, 5) is 0. The fourth-order valence-corrected chi connectivity index (χ4v) is 2.10. The first-order chi connectivity index (χ1) is 7.75. The van der Waals surface area contributed by atoms with Crippen molar-refractivity contribution < 1.29 is 5.11 Å². The highest BCUT2D eigenvalue weighted by molar-refractivity contribution is 6.31. The van der Waals surface area contributed by atoms with Crippen LogP contribution in [0.2, 0.25) is 5.02 Å². The molecular formula is C14H21ClO. The summed E-state index contributed by atoms with van der Waals surface area (Å²) >= 11 is 6.02. The van der Waals surface area contributed by atoms with Crippen molar-refractivity contribution in [2.75, 3.05) is 0 Å². The lowest BCUT2D eigenvalue weighted by atomic mass is 10.0. The molecule has 1 atom stereocenters. The van der Waals surface area contributed by atoms with Gasteiger partial charge in [0, 0.05) is 5.02 Å². The van der Waals surface area contributed by atoms with E-state index in [0.29, 0.717) is 5.02 Å². The summed E-state index contributed by atoms with van der Waals surface area (Å²) in [6, 6.07) is 7.54. The maximum atomic E-state index is 9.97. The van der Waals surface area contributed by atoms with Crippen LogP contribution in [0.15, 0.2) is 24.3 Å². The molecule has 0 aromatic heterocycles. The second kappa shape index (κ2) is 7.70. The summed E-state index contributed by atoms with van der Waals surface area (Å²) in [5, 5.41) is 10.6. The van der Waals surface area contributed by atoms with E-state index in [0.717, 1.165) is 18.4 Å². The topological polar surface area (TPSA) is 20.2 Å². The Morgan fingerprint density at radius 1 is 1.12 bits per heavy atom. The number of benzene rings is 1. The third kappa shape index (κ3) is 4.54. The Bertz CT molecular complexity index is 299. The van der Waals surface area contributed by atoms with E-state index < -0.39 is 6.10 Å². The lowest BCUT2D eigenvalue weighted by molar-refractivity contribution is 0.163. The molecule has 1 rings (SSSR count). The molecule has 0 aliphatic rings. The van der Waals surface area contributed by atoms with Crippen molar-refractivity contribution in [3.8, 4) is 0 Å². The third-order valence-electron chi connectivity index (χ3n) is 2.85. The van der Waals surface area contributed by atoms with Gasteiger partial charge in [0.2, 0.25) is 0 Å². The van der Waals surface area contributed by atoms with Crippen molar-refractivity contribution >= 4 is 11.6 Å². The number of unbranched alkanes of at least 4 members (excludes halogenated alkanes) is 4. The van der Waals surface area contributed by atoms with E-state index in [1.165, 1.54) is 25.7 Å². The fraction of sp³-hybridized carbons (Fsp3) is 0.571. The SMILES string of the molecule is CCCCCCCC(O)c1ccccc1Cl. The number of rotatable bonds is 7. The summed E-state index contributed by atoms with van der Waals surface area (Å²) in [5.41, 5.74) is 0.861. The molecule has 0 heterocycles. The quantitative estimate of drug-likeness (QED) is 0.683. The third-order valence-corrected chi connectivity index (χ3v) is 3.19. The van der Waals surface area contributed by atoms with Crippen LogP contribution in [0, 0.1) is 0 Å². The minimum absolute atomic E-state index is 0.407. The van der Waals surface area contributed by atoms with Gasteiger partial charge in [0.25, 0.3) is 0 Å². The van der Waals surface area contributed by atoms with Gasteiger partial charge in [0.15, 0.2) is 0 Å². The van der Waals surface area contributed by atoms with Gasteiger partial charge in [0.05, 0.1) is 6.10 Å². The molecular weight excluding hydrogens is 220 g/mol. The number of aliphatic hydroxyl groups excluding tert-OH is 1. The fourth-order valence-electron chi connectivity index (χ4n) is 1.84. The Morgan fingerprint density at radius 2 is 1.81 bits per heavy atom. The molecule has 1 nitrogen and oxygen atoms in total. The summed E-state index contributed by atoms with van der Waals surface area (Å²) in [7, 11) is 0. The standard InChI is InChI=1S/C14H21ClO/c1-2-3-4-5-6-11-14(16)12-9-7-8-10-13(12)15/h7-10,14,16H,2-6,11H2,1H3. The molecule has 1 N–H and O–H groups in total. The van der Waals surface area contributed by atoms with Gasteiger partial charge in [-0.25, -0.2) is 0 Å². The predicted octanol–water partition coefficient (Wildman–Crippen LogP) is 4.73. The van der Waals surface area contributed by atoms with E-state index in [4.69, 9.17) is 11.6 Å². The monoisotopic (exact) mass is 240 g/mol. The Morgan fingerprint density at radius 3 is 2.50 bits per heavy atom. The number of halogens is 1. The summed E-state index contributed by atoms with van der Waals surface area (Å²) < 4.78 is 0. The normalized spacial score (nSPS) is 12.7. The lowest BCUT2D eigenvalue weighted by Crippen LogP contribution is -1.98. The minimum Gasteiger partial charge on any atom is -0.388 e. The van der Waals surface area contributed by atoms with Crippen molar-refractivity contribution in [3.05, 3.63) is 34.9 Å². The Hall–Kier alpha value is -0.530. The van der Waals surface area contributed by atoms with Crippen molar-refractivity contribution in [1.82, 2.24) is 0 Å². The van der Waals surface area contributed by atoms with Crippen LogP contribution in [-0.4, -0.2) is 5.11 Å². The van der Waals surface area contributed by atoms with Crippen LogP contribution in [0.4, 0.5) is 0 Å². The van der Waals surface area contributed by atoms with Gasteiger partial charge in [-0.05, 0) is 18.1 Å². The van der Waals surface area contributed by atoms with Gasteiger partial charge in [0.1, 0.15) is 0 Å².